The van der Waals surface area contributed by atoms with Gasteiger partial charge in [-0.3, -0.25) is 4.79 Å². The molecule has 1 aliphatic rings. The highest BCUT2D eigenvalue weighted by Crippen LogP contribution is 2.21. The van der Waals surface area contributed by atoms with Crippen LogP contribution in [0, 0.1) is 5.92 Å². The van der Waals surface area contributed by atoms with Gasteiger partial charge in [-0.2, -0.15) is 0 Å². The second-order valence-corrected chi connectivity index (χ2v) is 6.94. The first kappa shape index (κ1) is 20.4. The lowest BCUT2D eigenvalue weighted by Crippen LogP contribution is -2.35. The Kier molecular flexibility index (Phi) is 8.60. The zero-order valence-corrected chi connectivity index (χ0v) is 16.0. The molecule has 0 unspecified atom stereocenters. The third-order valence-corrected chi connectivity index (χ3v) is 5.01. The van der Waals surface area contributed by atoms with E-state index >= 15 is 0 Å². The SMILES string of the molecule is Cl.O=C(C=Cc1ccccc1)CCN1CCC(Cc2ccccc2)CC1. The number of hydrogen-bond donors (Lipinski definition) is 0. The zero-order valence-electron chi connectivity index (χ0n) is 15.2. The van der Waals surface area contributed by atoms with Crippen molar-refractivity contribution in [2.75, 3.05) is 19.6 Å². The lowest BCUT2D eigenvalue weighted by atomic mass is 9.90. The lowest BCUT2D eigenvalue weighted by molar-refractivity contribution is -0.114. The van der Waals surface area contributed by atoms with E-state index in [-0.39, 0.29) is 18.2 Å². The number of rotatable bonds is 7. The van der Waals surface area contributed by atoms with Crippen molar-refractivity contribution in [3.8, 4) is 0 Å². The van der Waals surface area contributed by atoms with Crippen LogP contribution in [-0.2, 0) is 11.2 Å². The van der Waals surface area contributed by atoms with Crippen molar-refractivity contribution >= 4 is 24.3 Å². The minimum absolute atomic E-state index is 0. The van der Waals surface area contributed by atoms with Gasteiger partial charge in [0.25, 0.3) is 0 Å². The van der Waals surface area contributed by atoms with Crippen molar-refractivity contribution in [1.29, 1.82) is 0 Å². The van der Waals surface area contributed by atoms with E-state index in [1.807, 2.05) is 36.4 Å². The highest BCUT2D eigenvalue weighted by Gasteiger charge is 2.19. The van der Waals surface area contributed by atoms with Crippen LogP contribution in [0.2, 0.25) is 0 Å². The van der Waals surface area contributed by atoms with Crippen molar-refractivity contribution in [2.24, 2.45) is 5.92 Å². The lowest BCUT2D eigenvalue weighted by Gasteiger charge is -2.31. The van der Waals surface area contributed by atoms with Crippen molar-refractivity contribution in [3.63, 3.8) is 0 Å². The zero-order chi connectivity index (χ0) is 17.3. The summed E-state index contributed by atoms with van der Waals surface area (Å²) in [5.74, 6) is 1.00. The first-order valence-electron chi connectivity index (χ1n) is 9.32. The second-order valence-electron chi connectivity index (χ2n) is 6.94. The molecule has 0 N–H and O–H groups in total. The van der Waals surface area contributed by atoms with E-state index in [4.69, 9.17) is 0 Å². The summed E-state index contributed by atoms with van der Waals surface area (Å²) in [4.78, 5) is 14.5. The predicted molar refractivity (Wildman–Crippen MR) is 112 cm³/mol. The van der Waals surface area contributed by atoms with E-state index < -0.39 is 0 Å². The second kappa shape index (κ2) is 10.9. The molecule has 0 spiro atoms. The molecule has 0 amide bonds. The monoisotopic (exact) mass is 369 g/mol. The quantitative estimate of drug-likeness (QED) is 0.637. The van der Waals surface area contributed by atoms with Crippen LogP contribution in [0.1, 0.15) is 30.4 Å². The molecular weight excluding hydrogens is 342 g/mol. The van der Waals surface area contributed by atoms with Gasteiger partial charge in [0.2, 0.25) is 0 Å². The molecule has 1 fully saturated rings. The predicted octanol–water partition coefficient (Wildman–Crippen LogP) is 5.04. The van der Waals surface area contributed by atoms with E-state index in [1.54, 1.807) is 6.08 Å². The molecule has 2 aromatic rings. The summed E-state index contributed by atoms with van der Waals surface area (Å²) in [6.07, 6.45) is 7.91. The molecule has 0 radical (unpaired) electrons. The molecule has 138 valence electrons. The normalized spacial score (nSPS) is 15.7. The van der Waals surface area contributed by atoms with Crippen LogP contribution in [0.5, 0.6) is 0 Å². The van der Waals surface area contributed by atoms with Gasteiger partial charge in [0.15, 0.2) is 5.78 Å². The Morgan fingerprint density at radius 3 is 2.23 bits per heavy atom. The van der Waals surface area contributed by atoms with Gasteiger partial charge in [0, 0.05) is 13.0 Å². The molecule has 2 aromatic carbocycles. The number of benzene rings is 2. The van der Waals surface area contributed by atoms with E-state index in [0.717, 1.165) is 31.1 Å². The van der Waals surface area contributed by atoms with Crippen LogP contribution < -0.4 is 0 Å². The molecule has 0 aromatic heterocycles. The molecule has 3 rings (SSSR count). The topological polar surface area (TPSA) is 20.3 Å². The maximum absolute atomic E-state index is 12.1. The average molecular weight is 370 g/mol. The van der Waals surface area contributed by atoms with Crippen molar-refractivity contribution in [2.45, 2.75) is 25.7 Å². The molecule has 3 heteroatoms. The van der Waals surface area contributed by atoms with Gasteiger partial charge in [0.1, 0.15) is 0 Å². The third-order valence-electron chi connectivity index (χ3n) is 5.01. The first-order chi connectivity index (χ1) is 12.3. The van der Waals surface area contributed by atoms with E-state index in [1.165, 1.54) is 24.8 Å². The highest BCUT2D eigenvalue weighted by molar-refractivity contribution is 5.93. The van der Waals surface area contributed by atoms with Crippen molar-refractivity contribution in [1.82, 2.24) is 4.90 Å². The van der Waals surface area contributed by atoms with E-state index in [2.05, 4.69) is 35.2 Å². The molecular formula is C23H28ClNO. The standard InChI is InChI=1S/C23H27NO.ClH/c25-23(12-11-20-7-3-1-4-8-20)15-18-24-16-13-22(14-17-24)19-21-9-5-2-6-10-21;/h1-12,22H,13-19H2;1H. The number of ketones is 1. The van der Waals surface area contributed by atoms with Crippen LogP contribution in [0.3, 0.4) is 0 Å². The van der Waals surface area contributed by atoms with Gasteiger partial charge in [-0.1, -0.05) is 66.7 Å². The summed E-state index contributed by atoms with van der Waals surface area (Å²) in [6.45, 7) is 3.12. The van der Waals surface area contributed by atoms with E-state index in [0.29, 0.717) is 6.42 Å². The summed E-state index contributed by atoms with van der Waals surface area (Å²) in [6, 6.07) is 20.8. The summed E-state index contributed by atoms with van der Waals surface area (Å²) >= 11 is 0. The van der Waals surface area contributed by atoms with E-state index in [9.17, 15) is 4.79 Å². The molecule has 0 saturated carbocycles. The average Bonchev–Trinajstić information content (AvgIpc) is 2.67. The fraction of sp³-hybridized carbons (Fsp3) is 0.348. The molecule has 0 aliphatic carbocycles. The number of carbonyl (C=O) groups is 1. The maximum atomic E-state index is 12.1. The minimum Gasteiger partial charge on any atom is -0.303 e. The van der Waals surface area contributed by atoms with Gasteiger partial charge in [-0.15, -0.1) is 12.4 Å². The Labute approximate surface area is 163 Å². The fourth-order valence-corrected chi connectivity index (χ4v) is 3.47. The number of allylic oxidation sites excluding steroid dienone is 1. The van der Waals surface area contributed by atoms with Gasteiger partial charge >= 0.3 is 0 Å². The van der Waals surface area contributed by atoms with Crippen LogP contribution in [0.15, 0.2) is 66.7 Å². The van der Waals surface area contributed by atoms with Gasteiger partial charge in [0.05, 0.1) is 0 Å². The Hall–Kier alpha value is -1.90. The number of piperidine rings is 1. The number of likely N-dealkylation sites (tertiary alicyclic amines) is 1. The molecule has 2 nitrogen and oxygen atoms in total. The number of halogens is 1. The Morgan fingerprint density at radius 2 is 1.58 bits per heavy atom. The van der Waals surface area contributed by atoms with Crippen LogP contribution in [0.4, 0.5) is 0 Å². The summed E-state index contributed by atoms with van der Waals surface area (Å²) in [5, 5.41) is 0. The van der Waals surface area contributed by atoms with Crippen LogP contribution in [-0.4, -0.2) is 30.3 Å². The van der Waals surface area contributed by atoms with Gasteiger partial charge in [-0.25, -0.2) is 0 Å². The van der Waals surface area contributed by atoms with Crippen LogP contribution >= 0.6 is 12.4 Å². The first-order valence-corrected chi connectivity index (χ1v) is 9.32. The molecule has 1 saturated heterocycles. The maximum Gasteiger partial charge on any atom is 0.156 e. The van der Waals surface area contributed by atoms with Crippen molar-refractivity contribution in [3.05, 3.63) is 77.9 Å². The fourth-order valence-electron chi connectivity index (χ4n) is 3.47. The van der Waals surface area contributed by atoms with Gasteiger partial charge in [-0.05, 0) is 55.5 Å². The Bertz CT molecular complexity index is 676. The minimum atomic E-state index is 0. The number of hydrogen-bond acceptors (Lipinski definition) is 2. The van der Waals surface area contributed by atoms with Crippen molar-refractivity contribution < 1.29 is 4.79 Å². The Balaban J connectivity index is 0.00000243. The molecule has 0 bridgehead atoms. The van der Waals surface area contributed by atoms with Crippen LogP contribution in [0.25, 0.3) is 6.08 Å². The smallest absolute Gasteiger partial charge is 0.156 e. The molecule has 1 heterocycles. The number of carbonyl (C=O) groups excluding carboxylic acids is 1. The number of nitrogens with zero attached hydrogens (tertiary/aromatic N) is 1. The third kappa shape index (κ3) is 6.78. The highest BCUT2D eigenvalue weighted by atomic mass is 35.5. The molecule has 26 heavy (non-hydrogen) atoms. The summed E-state index contributed by atoms with van der Waals surface area (Å²) in [5.41, 5.74) is 2.53. The Morgan fingerprint density at radius 1 is 0.962 bits per heavy atom. The van der Waals surface area contributed by atoms with Gasteiger partial charge < -0.3 is 4.90 Å². The molecule has 0 atom stereocenters. The molecule has 1 aliphatic heterocycles. The summed E-state index contributed by atoms with van der Waals surface area (Å²) in [7, 11) is 0. The summed E-state index contributed by atoms with van der Waals surface area (Å²) < 4.78 is 0. The largest absolute Gasteiger partial charge is 0.303 e.